The molecule has 27 heavy (non-hydrogen) atoms. The molecule has 0 aromatic carbocycles. The van der Waals surface area contributed by atoms with Crippen LogP contribution < -0.4 is 9.64 Å². The summed E-state index contributed by atoms with van der Waals surface area (Å²) in [6.45, 7) is 5.18. The SMILES string of the molecule is CC1CCC(COc2cncc(N3CCO[C@@H](CCC(=O)O)C3)c2)CC1.S. The summed E-state index contributed by atoms with van der Waals surface area (Å²) in [6, 6.07) is 2.04. The average molecular weight is 397 g/mol. The Kier molecular flexibility index (Phi) is 8.70. The van der Waals surface area contributed by atoms with E-state index in [0.29, 0.717) is 25.5 Å². The Bertz CT molecular complexity index is 593. The van der Waals surface area contributed by atoms with Crippen molar-refractivity contribution in [2.45, 2.75) is 51.6 Å². The van der Waals surface area contributed by atoms with Gasteiger partial charge in [0.25, 0.3) is 0 Å². The molecule has 7 heteroatoms. The van der Waals surface area contributed by atoms with E-state index in [0.717, 1.165) is 30.5 Å². The number of pyridine rings is 1. The van der Waals surface area contributed by atoms with Crippen LogP contribution in [0.25, 0.3) is 0 Å². The van der Waals surface area contributed by atoms with Gasteiger partial charge in [-0.2, -0.15) is 13.5 Å². The number of aliphatic carboxylic acids is 1. The van der Waals surface area contributed by atoms with Crippen molar-refractivity contribution in [3.05, 3.63) is 18.5 Å². The van der Waals surface area contributed by atoms with Gasteiger partial charge in [-0.05, 0) is 31.1 Å². The Balaban J connectivity index is 0.00000261. The monoisotopic (exact) mass is 396 g/mol. The maximum absolute atomic E-state index is 10.8. The summed E-state index contributed by atoms with van der Waals surface area (Å²) in [7, 11) is 0. The molecule has 1 aliphatic heterocycles. The molecule has 1 N–H and O–H groups in total. The first kappa shape index (κ1) is 21.8. The summed E-state index contributed by atoms with van der Waals surface area (Å²) >= 11 is 0. The summed E-state index contributed by atoms with van der Waals surface area (Å²) < 4.78 is 11.7. The van der Waals surface area contributed by atoms with Gasteiger partial charge in [0.05, 0.1) is 37.4 Å². The topological polar surface area (TPSA) is 71.9 Å². The number of anilines is 1. The minimum absolute atomic E-state index is 0. The van der Waals surface area contributed by atoms with Crippen molar-refractivity contribution < 1.29 is 19.4 Å². The summed E-state index contributed by atoms with van der Waals surface area (Å²) in [4.78, 5) is 17.3. The first-order valence-electron chi connectivity index (χ1n) is 9.76. The quantitative estimate of drug-likeness (QED) is 0.761. The van der Waals surface area contributed by atoms with Crippen LogP contribution >= 0.6 is 13.5 Å². The highest BCUT2D eigenvalue weighted by Gasteiger charge is 2.22. The fraction of sp³-hybridized carbons (Fsp3) is 0.700. The second-order valence-electron chi connectivity index (χ2n) is 7.69. The summed E-state index contributed by atoms with van der Waals surface area (Å²) in [5.41, 5.74) is 1.02. The fourth-order valence-corrected chi connectivity index (χ4v) is 3.78. The Labute approximate surface area is 168 Å². The number of morpholine rings is 1. The van der Waals surface area contributed by atoms with Crippen molar-refractivity contribution >= 4 is 25.2 Å². The van der Waals surface area contributed by atoms with Gasteiger partial charge in [-0.3, -0.25) is 9.78 Å². The smallest absolute Gasteiger partial charge is 0.303 e. The van der Waals surface area contributed by atoms with Gasteiger partial charge in [0.1, 0.15) is 5.75 Å². The Morgan fingerprint density at radius 3 is 2.85 bits per heavy atom. The number of nitrogens with zero attached hydrogens (tertiary/aromatic N) is 2. The molecule has 152 valence electrons. The van der Waals surface area contributed by atoms with Gasteiger partial charge in [-0.1, -0.05) is 19.8 Å². The summed E-state index contributed by atoms with van der Waals surface area (Å²) in [5, 5.41) is 8.85. The molecule has 0 amide bonds. The Morgan fingerprint density at radius 1 is 1.33 bits per heavy atom. The van der Waals surface area contributed by atoms with Crippen LogP contribution in [-0.2, 0) is 9.53 Å². The first-order valence-corrected chi connectivity index (χ1v) is 9.76. The largest absolute Gasteiger partial charge is 0.492 e. The van der Waals surface area contributed by atoms with Crippen LogP contribution in [0, 0.1) is 11.8 Å². The molecule has 0 bridgehead atoms. The van der Waals surface area contributed by atoms with Crippen LogP contribution in [0.4, 0.5) is 5.69 Å². The van der Waals surface area contributed by atoms with Crippen LogP contribution in [0.1, 0.15) is 45.4 Å². The Hall–Kier alpha value is -1.47. The van der Waals surface area contributed by atoms with Crippen molar-refractivity contribution in [1.82, 2.24) is 4.98 Å². The molecule has 1 saturated heterocycles. The molecule has 2 aliphatic rings. The maximum Gasteiger partial charge on any atom is 0.303 e. The van der Waals surface area contributed by atoms with Crippen LogP contribution in [0.3, 0.4) is 0 Å². The van der Waals surface area contributed by atoms with E-state index in [4.69, 9.17) is 14.6 Å². The number of aromatic nitrogens is 1. The predicted octanol–water partition coefficient (Wildman–Crippen LogP) is 3.47. The number of carboxylic acids is 1. The zero-order chi connectivity index (χ0) is 18.4. The van der Waals surface area contributed by atoms with Crippen molar-refractivity contribution in [1.29, 1.82) is 0 Å². The highest BCUT2D eigenvalue weighted by Crippen LogP contribution is 2.29. The molecule has 1 aromatic rings. The molecule has 0 spiro atoms. The van der Waals surface area contributed by atoms with Crippen molar-refractivity contribution in [2.24, 2.45) is 11.8 Å². The minimum Gasteiger partial charge on any atom is -0.492 e. The number of ether oxygens (including phenoxy) is 2. The average Bonchev–Trinajstić information content (AvgIpc) is 2.66. The van der Waals surface area contributed by atoms with E-state index in [1.807, 2.05) is 12.3 Å². The second kappa shape index (κ2) is 10.8. The second-order valence-corrected chi connectivity index (χ2v) is 7.69. The molecule has 0 radical (unpaired) electrons. The number of hydrogen-bond donors (Lipinski definition) is 1. The van der Waals surface area contributed by atoms with E-state index >= 15 is 0 Å². The van der Waals surface area contributed by atoms with E-state index in [-0.39, 0.29) is 26.0 Å². The fourth-order valence-electron chi connectivity index (χ4n) is 3.78. The number of carboxylic acid groups (broad SMARTS) is 1. The number of rotatable bonds is 7. The number of carbonyl (C=O) groups is 1. The van der Waals surface area contributed by atoms with Gasteiger partial charge < -0.3 is 19.5 Å². The lowest BCUT2D eigenvalue weighted by Crippen LogP contribution is -2.42. The minimum atomic E-state index is -0.778. The predicted molar refractivity (Wildman–Crippen MR) is 110 cm³/mol. The maximum atomic E-state index is 10.8. The summed E-state index contributed by atoms with van der Waals surface area (Å²) in [5.74, 6) is 1.54. The van der Waals surface area contributed by atoms with Gasteiger partial charge in [-0.25, -0.2) is 0 Å². The normalized spacial score (nSPS) is 25.5. The molecular formula is C20H32N2O4S. The zero-order valence-electron chi connectivity index (χ0n) is 16.1. The summed E-state index contributed by atoms with van der Waals surface area (Å²) in [6.07, 6.45) is 9.36. The van der Waals surface area contributed by atoms with Gasteiger partial charge in [0.2, 0.25) is 0 Å². The molecule has 1 atom stereocenters. The van der Waals surface area contributed by atoms with Crippen molar-refractivity contribution in [2.75, 3.05) is 31.2 Å². The van der Waals surface area contributed by atoms with Crippen molar-refractivity contribution in [3.63, 3.8) is 0 Å². The van der Waals surface area contributed by atoms with Crippen LogP contribution in [0.2, 0.25) is 0 Å². The first-order chi connectivity index (χ1) is 12.6. The van der Waals surface area contributed by atoms with Crippen LogP contribution in [-0.4, -0.2) is 48.5 Å². The molecule has 0 unspecified atom stereocenters. The zero-order valence-corrected chi connectivity index (χ0v) is 17.1. The molecule has 1 saturated carbocycles. The van der Waals surface area contributed by atoms with Crippen LogP contribution in [0.5, 0.6) is 5.75 Å². The molecule has 6 nitrogen and oxygen atoms in total. The lowest BCUT2D eigenvalue weighted by Gasteiger charge is -2.34. The lowest BCUT2D eigenvalue weighted by atomic mass is 9.83. The van der Waals surface area contributed by atoms with Gasteiger partial charge in [-0.15, -0.1) is 0 Å². The van der Waals surface area contributed by atoms with Gasteiger partial charge in [0.15, 0.2) is 0 Å². The molecule has 1 aromatic heterocycles. The third kappa shape index (κ3) is 6.88. The van der Waals surface area contributed by atoms with Gasteiger partial charge >= 0.3 is 5.97 Å². The van der Waals surface area contributed by atoms with E-state index in [1.54, 1.807) is 6.20 Å². The highest BCUT2D eigenvalue weighted by atomic mass is 32.1. The molecule has 2 fully saturated rings. The molecule has 3 rings (SSSR count). The van der Waals surface area contributed by atoms with Gasteiger partial charge in [0, 0.05) is 25.6 Å². The van der Waals surface area contributed by atoms with Crippen molar-refractivity contribution in [3.8, 4) is 5.75 Å². The Morgan fingerprint density at radius 2 is 2.11 bits per heavy atom. The highest BCUT2D eigenvalue weighted by molar-refractivity contribution is 7.59. The standard InChI is InChI=1S/C20H30N2O4.H2S/c1-15-2-4-16(5-3-15)14-26-19-10-17(11-21-12-19)22-8-9-25-18(13-22)6-7-20(23)24;/h10-12,15-16,18H,2-9,13-14H2,1H3,(H,23,24);1H2/t15?,16?,18-;/m0./s1. The lowest BCUT2D eigenvalue weighted by molar-refractivity contribution is -0.137. The third-order valence-electron chi connectivity index (χ3n) is 5.50. The van der Waals surface area contributed by atoms with E-state index in [2.05, 4.69) is 16.8 Å². The molecular weight excluding hydrogens is 364 g/mol. The van der Waals surface area contributed by atoms with E-state index in [9.17, 15) is 4.79 Å². The van der Waals surface area contributed by atoms with Crippen LogP contribution in [0.15, 0.2) is 18.5 Å². The number of hydrogen-bond acceptors (Lipinski definition) is 5. The van der Waals surface area contributed by atoms with E-state index < -0.39 is 5.97 Å². The van der Waals surface area contributed by atoms with E-state index in [1.165, 1.54) is 25.7 Å². The molecule has 2 heterocycles. The molecule has 1 aliphatic carbocycles. The third-order valence-corrected chi connectivity index (χ3v) is 5.50.